The second kappa shape index (κ2) is 5.61. The third kappa shape index (κ3) is 3.47. The molecule has 0 spiro atoms. The Labute approximate surface area is 119 Å². The van der Waals surface area contributed by atoms with Gasteiger partial charge in [0.05, 0.1) is 12.0 Å². The molecule has 0 radical (unpaired) electrons. The van der Waals surface area contributed by atoms with E-state index in [1.165, 1.54) is 11.0 Å². The lowest BCUT2D eigenvalue weighted by molar-refractivity contribution is -0.137. The highest BCUT2D eigenvalue weighted by Crippen LogP contribution is 2.31. The van der Waals surface area contributed by atoms with Gasteiger partial charge in [-0.25, -0.2) is 0 Å². The maximum absolute atomic E-state index is 12.4. The lowest BCUT2D eigenvalue weighted by atomic mass is 10.1. The Bertz CT molecular complexity index is 513. The maximum Gasteiger partial charge on any atom is 0.305 e. The fraction of sp³-hybridized carbons (Fsp3) is 0.385. The molecule has 19 heavy (non-hydrogen) atoms. The predicted molar refractivity (Wildman–Crippen MR) is 72.1 cm³/mol. The first kappa shape index (κ1) is 13.9. The highest BCUT2D eigenvalue weighted by molar-refractivity contribution is 9.10. The van der Waals surface area contributed by atoms with Crippen molar-refractivity contribution >= 4 is 27.8 Å². The fourth-order valence-corrected chi connectivity index (χ4v) is 2.25. The first-order chi connectivity index (χ1) is 8.99. The number of phenols is 1. The molecule has 5 nitrogen and oxygen atoms in total. The molecule has 102 valence electrons. The Morgan fingerprint density at radius 1 is 1.37 bits per heavy atom. The number of hydrogen-bond acceptors (Lipinski definition) is 3. The van der Waals surface area contributed by atoms with Gasteiger partial charge in [-0.1, -0.05) is 15.9 Å². The number of carbonyl (C=O) groups excluding carboxylic acids is 1. The number of amides is 1. The highest BCUT2D eigenvalue weighted by Gasteiger charge is 2.34. The van der Waals surface area contributed by atoms with Crippen LogP contribution < -0.4 is 0 Å². The molecular formula is C13H14BrNO4. The molecule has 0 unspecified atom stereocenters. The largest absolute Gasteiger partial charge is 0.507 e. The van der Waals surface area contributed by atoms with Crippen LogP contribution in [0.25, 0.3) is 0 Å². The van der Waals surface area contributed by atoms with E-state index in [0.29, 0.717) is 4.47 Å². The molecule has 0 heterocycles. The van der Waals surface area contributed by atoms with Crippen LogP contribution in [0.1, 0.15) is 29.6 Å². The van der Waals surface area contributed by atoms with Crippen LogP contribution in [0.15, 0.2) is 22.7 Å². The lowest BCUT2D eigenvalue weighted by Crippen LogP contribution is -2.35. The summed E-state index contributed by atoms with van der Waals surface area (Å²) in [7, 11) is 0. The number of carbonyl (C=O) groups is 2. The summed E-state index contributed by atoms with van der Waals surface area (Å²) in [6, 6.07) is 4.74. The van der Waals surface area contributed by atoms with Crippen molar-refractivity contribution in [3.8, 4) is 5.75 Å². The summed E-state index contributed by atoms with van der Waals surface area (Å²) in [5.41, 5.74) is 0.201. The second-order valence-corrected chi connectivity index (χ2v) is 5.45. The van der Waals surface area contributed by atoms with Crippen LogP contribution in [0.2, 0.25) is 0 Å². The predicted octanol–water partition coefficient (Wildman–Crippen LogP) is 2.23. The normalized spacial score (nSPS) is 14.2. The summed E-state index contributed by atoms with van der Waals surface area (Å²) < 4.78 is 0.697. The van der Waals surface area contributed by atoms with Crippen molar-refractivity contribution in [2.45, 2.75) is 25.3 Å². The fourth-order valence-electron chi connectivity index (χ4n) is 1.89. The Hall–Kier alpha value is -1.56. The first-order valence-corrected chi connectivity index (χ1v) is 6.79. The number of halogens is 1. The summed E-state index contributed by atoms with van der Waals surface area (Å²) >= 11 is 3.25. The van der Waals surface area contributed by atoms with Crippen LogP contribution >= 0.6 is 15.9 Å². The number of hydrogen-bond donors (Lipinski definition) is 2. The number of aliphatic carboxylic acids is 1. The molecule has 1 aromatic rings. The number of carboxylic acid groups (broad SMARTS) is 1. The van der Waals surface area contributed by atoms with Gasteiger partial charge in [0.25, 0.3) is 5.91 Å². The van der Waals surface area contributed by atoms with Crippen LogP contribution in [-0.2, 0) is 4.79 Å². The van der Waals surface area contributed by atoms with Crippen molar-refractivity contribution in [2.75, 3.05) is 6.54 Å². The third-order valence-electron chi connectivity index (χ3n) is 3.00. The molecule has 0 aliphatic heterocycles. The minimum Gasteiger partial charge on any atom is -0.507 e. The molecule has 1 aliphatic carbocycles. The van der Waals surface area contributed by atoms with Crippen molar-refractivity contribution in [1.29, 1.82) is 0 Å². The number of nitrogens with zero attached hydrogens (tertiary/aromatic N) is 1. The SMILES string of the molecule is O=C(O)CCN(C(=O)c1cc(Br)ccc1O)C1CC1. The van der Waals surface area contributed by atoms with Gasteiger partial charge in [-0.05, 0) is 31.0 Å². The highest BCUT2D eigenvalue weighted by atomic mass is 79.9. The summed E-state index contributed by atoms with van der Waals surface area (Å²) in [6.07, 6.45) is 1.69. The van der Waals surface area contributed by atoms with E-state index in [-0.39, 0.29) is 36.2 Å². The van der Waals surface area contributed by atoms with Gasteiger partial charge in [0, 0.05) is 17.1 Å². The first-order valence-electron chi connectivity index (χ1n) is 6.00. The van der Waals surface area contributed by atoms with E-state index in [0.717, 1.165) is 12.8 Å². The quantitative estimate of drug-likeness (QED) is 0.869. The van der Waals surface area contributed by atoms with Gasteiger partial charge >= 0.3 is 5.97 Å². The van der Waals surface area contributed by atoms with Gasteiger partial charge in [-0.15, -0.1) is 0 Å². The van der Waals surface area contributed by atoms with Crippen molar-refractivity contribution in [3.05, 3.63) is 28.2 Å². The van der Waals surface area contributed by atoms with Crippen molar-refractivity contribution in [2.24, 2.45) is 0 Å². The van der Waals surface area contributed by atoms with Crippen molar-refractivity contribution in [1.82, 2.24) is 4.90 Å². The van der Waals surface area contributed by atoms with Crippen molar-refractivity contribution in [3.63, 3.8) is 0 Å². The zero-order chi connectivity index (χ0) is 14.0. The average molecular weight is 328 g/mol. The molecule has 1 saturated carbocycles. The molecule has 1 amide bonds. The Morgan fingerprint density at radius 2 is 2.05 bits per heavy atom. The molecule has 1 aromatic carbocycles. The van der Waals surface area contributed by atoms with E-state index in [9.17, 15) is 14.7 Å². The smallest absolute Gasteiger partial charge is 0.305 e. The van der Waals surface area contributed by atoms with E-state index < -0.39 is 5.97 Å². The van der Waals surface area contributed by atoms with Gasteiger partial charge in [-0.2, -0.15) is 0 Å². The summed E-state index contributed by atoms with van der Waals surface area (Å²) in [5, 5.41) is 18.5. The van der Waals surface area contributed by atoms with Gasteiger partial charge < -0.3 is 15.1 Å². The van der Waals surface area contributed by atoms with Crippen LogP contribution in [0.3, 0.4) is 0 Å². The molecule has 1 aliphatic rings. The van der Waals surface area contributed by atoms with Crippen LogP contribution in [0.5, 0.6) is 5.75 Å². The number of carboxylic acids is 1. The molecule has 0 saturated heterocycles. The molecule has 2 rings (SSSR count). The molecule has 1 fully saturated rings. The monoisotopic (exact) mass is 327 g/mol. The van der Waals surface area contributed by atoms with E-state index in [2.05, 4.69) is 15.9 Å². The molecule has 0 atom stereocenters. The Kier molecular flexibility index (Phi) is 4.09. The van der Waals surface area contributed by atoms with E-state index in [1.807, 2.05) is 0 Å². The molecule has 6 heteroatoms. The van der Waals surface area contributed by atoms with E-state index in [1.54, 1.807) is 12.1 Å². The minimum atomic E-state index is -0.933. The molecule has 0 aromatic heterocycles. The van der Waals surface area contributed by atoms with Gasteiger partial charge in [0.15, 0.2) is 0 Å². The zero-order valence-corrected chi connectivity index (χ0v) is 11.8. The topological polar surface area (TPSA) is 77.8 Å². The maximum atomic E-state index is 12.4. The lowest BCUT2D eigenvalue weighted by Gasteiger charge is -2.22. The van der Waals surface area contributed by atoms with Gasteiger partial charge in [0.1, 0.15) is 5.75 Å². The third-order valence-corrected chi connectivity index (χ3v) is 3.50. The van der Waals surface area contributed by atoms with Crippen LogP contribution in [0, 0.1) is 0 Å². The van der Waals surface area contributed by atoms with E-state index >= 15 is 0 Å². The van der Waals surface area contributed by atoms with Crippen LogP contribution in [0.4, 0.5) is 0 Å². The second-order valence-electron chi connectivity index (χ2n) is 4.53. The zero-order valence-electron chi connectivity index (χ0n) is 10.2. The Morgan fingerprint density at radius 3 is 2.63 bits per heavy atom. The number of benzene rings is 1. The molecule has 0 bridgehead atoms. The van der Waals surface area contributed by atoms with E-state index in [4.69, 9.17) is 5.11 Å². The van der Waals surface area contributed by atoms with Crippen LogP contribution in [-0.4, -0.2) is 39.6 Å². The standard InChI is InChI=1S/C13H14BrNO4/c14-8-1-4-11(16)10(7-8)13(19)15(9-2-3-9)6-5-12(17)18/h1,4,7,9,16H,2-3,5-6H2,(H,17,18). The molecule has 2 N–H and O–H groups in total. The Balaban J connectivity index is 2.18. The number of rotatable bonds is 5. The minimum absolute atomic E-state index is 0.0863. The summed E-state index contributed by atoms with van der Waals surface area (Å²) in [5.74, 6) is -1.34. The van der Waals surface area contributed by atoms with Crippen molar-refractivity contribution < 1.29 is 19.8 Å². The average Bonchev–Trinajstić information content (AvgIpc) is 3.16. The summed E-state index contributed by atoms with van der Waals surface area (Å²) in [6.45, 7) is 0.171. The molecular weight excluding hydrogens is 314 g/mol. The van der Waals surface area contributed by atoms with Gasteiger partial charge in [0.2, 0.25) is 0 Å². The number of phenolic OH excluding ortho intramolecular Hbond substituents is 1. The number of aromatic hydroxyl groups is 1. The summed E-state index contributed by atoms with van der Waals surface area (Å²) in [4.78, 5) is 24.5. The van der Waals surface area contributed by atoms with Gasteiger partial charge in [-0.3, -0.25) is 9.59 Å².